The standard InChI is InChI=1S/C32H26N2O2S2/c1-2-36-29(35)22-23-37-28-20-18-25(19-21-28)31-33-30(24-12-6-3-7-13-24)32(38-31)34(26-14-8-4-9-15-26)27-16-10-5-11-17-27/h3-23H,2H2,1H3/b23-22+. The molecule has 38 heavy (non-hydrogen) atoms. The average molecular weight is 535 g/mol. The molecule has 4 aromatic carbocycles. The van der Waals surface area contributed by atoms with Crippen LogP contribution in [0.2, 0.25) is 0 Å². The zero-order chi connectivity index (χ0) is 26.2. The number of carbonyl (C=O) groups excluding carboxylic acids is 1. The molecule has 4 nitrogen and oxygen atoms in total. The SMILES string of the molecule is CCOC(=O)/C=C/Sc1ccc(-c2nc(-c3ccccc3)c(N(c3ccccc3)c3ccccc3)s2)cc1. The molecule has 188 valence electrons. The Labute approximate surface area is 231 Å². The molecule has 5 rings (SSSR count). The Morgan fingerprint density at radius 3 is 1.97 bits per heavy atom. The summed E-state index contributed by atoms with van der Waals surface area (Å²) in [6.45, 7) is 2.17. The Morgan fingerprint density at radius 2 is 1.39 bits per heavy atom. The molecule has 0 aliphatic carbocycles. The van der Waals surface area contributed by atoms with Crippen molar-refractivity contribution in [2.45, 2.75) is 11.8 Å². The van der Waals surface area contributed by atoms with Gasteiger partial charge in [-0.1, -0.05) is 102 Å². The van der Waals surface area contributed by atoms with E-state index in [9.17, 15) is 4.79 Å². The van der Waals surface area contributed by atoms with Crippen molar-refractivity contribution in [1.29, 1.82) is 0 Å². The van der Waals surface area contributed by atoms with Crippen molar-refractivity contribution in [3.8, 4) is 21.8 Å². The highest BCUT2D eigenvalue weighted by Gasteiger charge is 2.22. The molecule has 0 fully saturated rings. The van der Waals surface area contributed by atoms with Crippen LogP contribution in [0.15, 0.2) is 132 Å². The molecule has 0 saturated carbocycles. The molecule has 0 saturated heterocycles. The third-order valence-corrected chi connectivity index (χ3v) is 7.59. The van der Waals surface area contributed by atoms with Gasteiger partial charge in [0.2, 0.25) is 0 Å². The van der Waals surface area contributed by atoms with Crippen LogP contribution in [0.4, 0.5) is 16.4 Å². The minimum absolute atomic E-state index is 0.332. The van der Waals surface area contributed by atoms with Gasteiger partial charge < -0.3 is 9.64 Å². The molecule has 0 atom stereocenters. The van der Waals surface area contributed by atoms with E-state index in [1.807, 2.05) is 42.5 Å². The molecule has 6 heteroatoms. The van der Waals surface area contributed by atoms with Crippen LogP contribution in [0.5, 0.6) is 0 Å². The Hall–Kier alpha value is -4.13. The van der Waals surface area contributed by atoms with Gasteiger partial charge in [-0.05, 0) is 48.7 Å². The van der Waals surface area contributed by atoms with E-state index in [0.717, 1.165) is 43.1 Å². The summed E-state index contributed by atoms with van der Waals surface area (Å²) in [6.07, 6.45) is 1.45. The second-order valence-electron chi connectivity index (χ2n) is 8.24. The first-order valence-electron chi connectivity index (χ1n) is 12.3. The van der Waals surface area contributed by atoms with Crippen LogP contribution in [0.1, 0.15) is 6.92 Å². The fraction of sp³-hybridized carbons (Fsp3) is 0.0625. The number of esters is 1. The van der Waals surface area contributed by atoms with Crippen molar-refractivity contribution in [3.05, 3.63) is 127 Å². The number of nitrogens with zero attached hydrogens (tertiary/aromatic N) is 2. The number of thiazole rings is 1. The predicted octanol–water partition coefficient (Wildman–Crippen LogP) is 9.12. The highest BCUT2D eigenvalue weighted by atomic mass is 32.2. The Bertz CT molecular complexity index is 1460. The lowest BCUT2D eigenvalue weighted by Gasteiger charge is -2.24. The van der Waals surface area contributed by atoms with E-state index < -0.39 is 0 Å². The van der Waals surface area contributed by atoms with E-state index in [0.29, 0.717) is 6.61 Å². The minimum Gasteiger partial charge on any atom is -0.463 e. The Balaban J connectivity index is 1.54. The van der Waals surface area contributed by atoms with Crippen LogP contribution >= 0.6 is 23.1 Å². The van der Waals surface area contributed by atoms with Crippen LogP contribution in [-0.4, -0.2) is 17.6 Å². The van der Waals surface area contributed by atoms with Gasteiger partial charge in [0.1, 0.15) is 15.7 Å². The minimum atomic E-state index is -0.332. The van der Waals surface area contributed by atoms with Gasteiger partial charge in [0.05, 0.1) is 6.61 Å². The van der Waals surface area contributed by atoms with Gasteiger partial charge in [-0.15, -0.1) is 0 Å². The summed E-state index contributed by atoms with van der Waals surface area (Å²) in [4.78, 5) is 20.0. The van der Waals surface area contributed by atoms with Crippen molar-refractivity contribution >= 4 is 45.4 Å². The molecule has 0 aliphatic rings. The van der Waals surface area contributed by atoms with Gasteiger partial charge in [-0.2, -0.15) is 0 Å². The number of anilines is 3. The summed E-state index contributed by atoms with van der Waals surface area (Å²) in [5.74, 6) is -0.332. The number of hydrogen-bond donors (Lipinski definition) is 0. The number of aromatic nitrogens is 1. The number of benzene rings is 4. The number of carbonyl (C=O) groups is 1. The molecule has 0 N–H and O–H groups in total. The molecule has 1 heterocycles. The maximum absolute atomic E-state index is 11.6. The molecule has 1 aromatic heterocycles. The molecule has 5 aromatic rings. The molecular weight excluding hydrogens is 508 g/mol. The monoisotopic (exact) mass is 534 g/mol. The van der Waals surface area contributed by atoms with Gasteiger partial charge in [0.25, 0.3) is 0 Å². The van der Waals surface area contributed by atoms with Gasteiger partial charge in [-0.3, -0.25) is 0 Å². The normalized spacial score (nSPS) is 11.0. The van der Waals surface area contributed by atoms with E-state index in [-0.39, 0.29) is 5.97 Å². The third-order valence-electron chi connectivity index (χ3n) is 5.68. The first-order chi connectivity index (χ1) is 18.7. The van der Waals surface area contributed by atoms with Crippen molar-refractivity contribution in [3.63, 3.8) is 0 Å². The number of para-hydroxylation sites is 2. The van der Waals surface area contributed by atoms with E-state index >= 15 is 0 Å². The number of thioether (sulfide) groups is 1. The first kappa shape index (κ1) is 25.5. The van der Waals surface area contributed by atoms with Gasteiger partial charge in [0, 0.05) is 33.5 Å². The fourth-order valence-electron chi connectivity index (χ4n) is 3.94. The molecule has 0 aliphatic heterocycles. The van der Waals surface area contributed by atoms with Crippen molar-refractivity contribution in [2.75, 3.05) is 11.5 Å². The molecular formula is C32H26N2O2S2. The predicted molar refractivity (Wildman–Crippen MR) is 159 cm³/mol. The quantitative estimate of drug-likeness (QED) is 0.107. The summed E-state index contributed by atoms with van der Waals surface area (Å²) >= 11 is 3.15. The second-order valence-corrected chi connectivity index (χ2v) is 10.2. The zero-order valence-corrected chi connectivity index (χ0v) is 22.5. The lowest BCUT2D eigenvalue weighted by molar-refractivity contribution is -0.137. The number of hydrogen-bond acceptors (Lipinski definition) is 6. The first-order valence-corrected chi connectivity index (χ1v) is 14.0. The van der Waals surface area contributed by atoms with Crippen LogP contribution in [0.3, 0.4) is 0 Å². The summed E-state index contributed by atoms with van der Waals surface area (Å²) in [5.41, 5.74) is 5.20. The second kappa shape index (κ2) is 12.4. The highest BCUT2D eigenvalue weighted by Crippen LogP contribution is 2.46. The number of ether oxygens (including phenoxy) is 1. The summed E-state index contributed by atoms with van der Waals surface area (Å²) in [7, 11) is 0. The highest BCUT2D eigenvalue weighted by molar-refractivity contribution is 8.02. The lowest BCUT2D eigenvalue weighted by Crippen LogP contribution is -2.09. The Kier molecular flexibility index (Phi) is 8.33. The smallest absolute Gasteiger partial charge is 0.331 e. The van der Waals surface area contributed by atoms with Gasteiger partial charge in [-0.25, -0.2) is 9.78 Å². The molecule has 0 bridgehead atoms. The van der Waals surface area contributed by atoms with E-state index in [1.54, 1.807) is 23.7 Å². The zero-order valence-electron chi connectivity index (χ0n) is 20.9. The topological polar surface area (TPSA) is 42.4 Å². The van der Waals surface area contributed by atoms with Gasteiger partial charge in [0.15, 0.2) is 0 Å². The number of rotatable bonds is 9. The third kappa shape index (κ3) is 6.05. The fourth-order valence-corrected chi connectivity index (χ4v) is 5.71. The van der Waals surface area contributed by atoms with Crippen LogP contribution in [-0.2, 0) is 9.53 Å². The maximum atomic E-state index is 11.6. The van der Waals surface area contributed by atoms with E-state index in [1.165, 1.54) is 17.8 Å². The van der Waals surface area contributed by atoms with Crippen molar-refractivity contribution in [2.24, 2.45) is 0 Å². The summed E-state index contributed by atoms with van der Waals surface area (Å²) in [6, 6.07) is 39.3. The van der Waals surface area contributed by atoms with Crippen molar-refractivity contribution < 1.29 is 9.53 Å². The van der Waals surface area contributed by atoms with Gasteiger partial charge >= 0.3 is 5.97 Å². The van der Waals surface area contributed by atoms with E-state index in [2.05, 4.69) is 77.7 Å². The summed E-state index contributed by atoms with van der Waals surface area (Å²) in [5, 5.41) is 3.74. The van der Waals surface area contributed by atoms with Crippen LogP contribution < -0.4 is 4.90 Å². The molecule has 0 unspecified atom stereocenters. The average Bonchev–Trinajstić information content (AvgIpc) is 3.40. The van der Waals surface area contributed by atoms with E-state index in [4.69, 9.17) is 9.72 Å². The van der Waals surface area contributed by atoms with Crippen LogP contribution in [0.25, 0.3) is 21.8 Å². The Morgan fingerprint density at radius 1 is 0.816 bits per heavy atom. The summed E-state index contributed by atoms with van der Waals surface area (Å²) < 4.78 is 4.94. The largest absolute Gasteiger partial charge is 0.463 e. The maximum Gasteiger partial charge on any atom is 0.331 e. The molecule has 0 amide bonds. The molecule has 0 spiro atoms. The van der Waals surface area contributed by atoms with Crippen LogP contribution in [0, 0.1) is 0 Å². The van der Waals surface area contributed by atoms with Crippen molar-refractivity contribution in [1.82, 2.24) is 4.98 Å². The lowest BCUT2D eigenvalue weighted by atomic mass is 10.1. The molecule has 0 radical (unpaired) electrons.